The predicted molar refractivity (Wildman–Crippen MR) is 136 cm³/mol. The van der Waals surface area contributed by atoms with Crippen LogP contribution < -0.4 is 10.6 Å². The van der Waals surface area contributed by atoms with Gasteiger partial charge in [-0.05, 0) is 66.4 Å². The molecule has 0 unspecified atom stereocenters. The number of hydrogen-bond acceptors (Lipinski definition) is 4. The van der Waals surface area contributed by atoms with Crippen LogP contribution in [0.15, 0.2) is 84.3 Å². The van der Waals surface area contributed by atoms with Crippen LogP contribution in [0.25, 0.3) is 10.8 Å². The summed E-state index contributed by atoms with van der Waals surface area (Å²) in [7, 11) is -3.70. The molecule has 2 amide bonds. The topological polar surface area (TPSA) is 95.6 Å². The summed E-state index contributed by atoms with van der Waals surface area (Å²) >= 11 is 0. The van der Waals surface area contributed by atoms with Gasteiger partial charge in [0.05, 0.1) is 4.90 Å². The molecule has 0 spiro atoms. The third kappa shape index (κ3) is 5.44. The highest BCUT2D eigenvalue weighted by atomic mass is 32.2. The van der Waals surface area contributed by atoms with E-state index in [1.807, 2.05) is 49.4 Å². The molecule has 1 fully saturated rings. The lowest BCUT2D eigenvalue weighted by atomic mass is 9.90. The molecule has 0 atom stereocenters. The maximum atomic E-state index is 13.1. The van der Waals surface area contributed by atoms with Gasteiger partial charge in [-0.15, -0.1) is 0 Å². The van der Waals surface area contributed by atoms with E-state index in [-0.39, 0.29) is 16.7 Å². The Morgan fingerprint density at radius 3 is 2.34 bits per heavy atom. The molecule has 3 aromatic rings. The van der Waals surface area contributed by atoms with Crippen LogP contribution in [0.3, 0.4) is 0 Å². The molecule has 0 aromatic heterocycles. The van der Waals surface area contributed by atoms with Gasteiger partial charge in [0.2, 0.25) is 15.9 Å². The molecule has 1 aliphatic rings. The van der Waals surface area contributed by atoms with Crippen LogP contribution in [-0.2, 0) is 21.4 Å². The van der Waals surface area contributed by atoms with Gasteiger partial charge in [-0.2, -0.15) is 4.31 Å². The molecule has 1 heterocycles. The van der Waals surface area contributed by atoms with Crippen LogP contribution >= 0.6 is 0 Å². The number of fused-ring (bicyclic) bond motifs is 1. The van der Waals surface area contributed by atoms with Crippen LogP contribution in [0.1, 0.15) is 35.7 Å². The van der Waals surface area contributed by atoms with Crippen LogP contribution in [0, 0.1) is 0 Å². The highest BCUT2D eigenvalue weighted by Gasteiger charge is 2.36. The van der Waals surface area contributed by atoms with Gasteiger partial charge in [-0.3, -0.25) is 9.59 Å². The van der Waals surface area contributed by atoms with E-state index in [1.165, 1.54) is 34.6 Å². The van der Waals surface area contributed by atoms with Crippen molar-refractivity contribution in [3.05, 3.63) is 90.5 Å². The van der Waals surface area contributed by atoms with E-state index in [4.69, 9.17) is 0 Å². The van der Waals surface area contributed by atoms with Crippen molar-refractivity contribution in [2.75, 3.05) is 13.1 Å². The largest absolute Gasteiger partial charge is 0.348 e. The Bertz CT molecular complexity index is 1350. The Kier molecular flexibility index (Phi) is 7.05. The SMILES string of the molecule is C=CC(=O)NC1(C)CCN(S(=O)(=O)c2ccc(C(=O)NCc3cccc4ccccc34)cc2)CC1. The van der Waals surface area contributed by atoms with E-state index < -0.39 is 15.6 Å². The van der Waals surface area contributed by atoms with Crippen molar-refractivity contribution in [3.63, 3.8) is 0 Å². The average molecular weight is 492 g/mol. The van der Waals surface area contributed by atoms with Crippen LogP contribution in [-0.4, -0.2) is 43.2 Å². The minimum atomic E-state index is -3.70. The summed E-state index contributed by atoms with van der Waals surface area (Å²) in [5.74, 6) is -0.535. The third-order valence-electron chi connectivity index (χ3n) is 6.51. The molecule has 0 aliphatic carbocycles. The fraction of sp³-hybridized carbons (Fsp3) is 0.259. The zero-order valence-electron chi connectivity index (χ0n) is 19.7. The maximum absolute atomic E-state index is 13.1. The zero-order valence-corrected chi connectivity index (χ0v) is 20.5. The van der Waals surface area contributed by atoms with E-state index in [1.54, 1.807) is 0 Å². The Morgan fingerprint density at radius 1 is 1.00 bits per heavy atom. The second kappa shape index (κ2) is 10.0. The summed E-state index contributed by atoms with van der Waals surface area (Å²) in [6.07, 6.45) is 2.22. The van der Waals surface area contributed by atoms with Gasteiger partial charge < -0.3 is 10.6 Å². The van der Waals surface area contributed by atoms with Gasteiger partial charge in [0.1, 0.15) is 0 Å². The first-order valence-corrected chi connectivity index (χ1v) is 13.0. The molecule has 1 aliphatic heterocycles. The Balaban J connectivity index is 1.39. The van der Waals surface area contributed by atoms with Crippen molar-refractivity contribution >= 4 is 32.6 Å². The molecule has 2 N–H and O–H groups in total. The number of sulfonamides is 1. The van der Waals surface area contributed by atoms with E-state index in [0.29, 0.717) is 38.0 Å². The second-order valence-corrected chi connectivity index (χ2v) is 10.9. The van der Waals surface area contributed by atoms with E-state index in [9.17, 15) is 18.0 Å². The molecule has 3 aromatic carbocycles. The molecular weight excluding hydrogens is 462 g/mol. The molecular formula is C27H29N3O4S. The lowest BCUT2D eigenvalue weighted by Gasteiger charge is -2.39. The van der Waals surface area contributed by atoms with Gasteiger partial charge in [0, 0.05) is 30.7 Å². The fourth-order valence-electron chi connectivity index (χ4n) is 4.35. The van der Waals surface area contributed by atoms with Crippen molar-refractivity contribution < 1.29 is 18.0 Å². The van der Waals surface area contributed by atoms with Crippen LogP contribution in [0.2, 0.25) is 0 Å². The zero-order chi connectivity index (χ0) is 25.1. The molecule has 35 heavy (non-hydrogen) atoms. The Morgan fingerprint density at radius 2 is 1.66 bits per heavy atom. The molecule has 0 bridgehead atoms. The summed E-state index contributed by atoms with van der Waals surface area (Å²) in [5, 5.41) is 7.99. The highest BCUT2D eigenvalue weighted by Crippen LogP contribution is 2.27. The molecule has 7 nitrogen and oxygen atoms in total. The predicted octanol–water partition coefficient (Wildman–Crippen LogP) is 3.62. The van der Waals surface area contributed by atoms with Crippen molar-refractivity contribution in [1.82, 2.24) is 14.9 Å². The summed E-state index contributed by atoms with van der Waals surface area (Å²) in [6, 6.07) is 20.0. The number of carbonyl (C=O) groups is 2. The quantitative estimate of drug-likeness (QED) is 0.494. The number of nitrogens with one attached hydrogen (secondary N) is 2. The van der Waals surface area contributed by atoms with Gasteiger partial charge in [-0.25, -0.2) is 8.42 Å². The van der Waals surface area contributed by atoms with Crippen molar-refractivity contribution in [3.8, 4) is 0 Å². The lowest BCUT2D eigenvalue weighted by molar-refractivity contribution is -0.118. The summed E-state index contributed by atoms with van der Waals surface area (Å²) in [4.78, 5) is 24.5. The van der Waals surface area contributed by atoms with Gasteiger partial charge in [0.25, 0.3) is 5.91 Å². The first-order valence-electron chi connectivity index (χ1n) is 11.5. The maximum Gasteiger partial charge on any atom is 0.251 e. The molecule has 4 rings (SSSR count). The Hall–Kier alpha value is -3.49. The number of carbonyl (C=O) groups excluding carboxylic acids is 2. The Labute approximate surface area is 205 Å². The van der Waals surface area contributed by atoms with E-state index in [2.05, 4.69) is 17.2 Å². The highest BCUT2D eigenvalue weighted by molar-refractivity contribution is 7.89. The van der Waals surface area contributed by atoms with Gasteiger partial charge in [0.15, 0.2) is 0 Å². The number of piperidine rings is 1. The van der Waals surface area contributed by atoms with Crippen molar-refractivity contribution in [2.24, 2.45) is 0 Å². The minimum absolute atomic E-state index is 0.141. The smallest absolute Gasteiger partial charge is 0.251 e. The van der Waals surface area contributed by atoms with Gasteiger partial charge >= 0.3 is 0 Å². The lowest BCUT2D eigenvalue weighted by Crippen LogP contribution is -2.53. The molecule has 1 saturated heterocycles. The minimum Gasteiger partial charge on any atom is -0.348 e. The second-order valence-electron chi connectivity index (χ2n) is 9.00. The third-order valence-corrected chi connectivity index (χ3v) is 8.42. The van der Waals surface area contributed by atoms with E-state index >= 15 is 0 Å². The fourth-order valence-corrected chi connectivity index (χ4v) is 5.79. The normalized spacial score (nSPS) is 15.9. The summed E-state index contributed by atoms with van der Waals surface area (Å²) in [5.41, 5.74) is 0.933. The standard InChI is InChI=1S/C27H29N3O4S/c1-3-25(31)29-27(2)15-17-30(18-16-27)35(33,34)23-13-11-21(12-14-23)26(32)28-19-22-9-6-8-20-7-4-5-10-24(20)22/h3-14H,1,15-19H2,2H3,(H,28,32)(H,29,31). The monoisotopic (exact) mass is 491 g/mol. The molecule has 182 valence electrons. The molecule has 0 saturated carbocycles. The number of rotatable bonds is 7. The van der Waals surface area contributed by atoms with Crippen LogP contribution in [0.4, 0.5) is 0 Å². The van der Waals surface area contributed by atoms with Crippen LogP contribution in [0.5, 0.6) is 0 Å². The average Bonchev–Trinajstić information content (AvgIpc) is 2.87. The summed E-state index contributed by atoms with van der Waals surface area (Å²) in [6.45, 7) is 6.33. The first-order chi connectivity index (χ1) is 16.7. The summed E-state index contributed by atoms with van der Waals surface area (Å²) < 4.78 is 27.7. The molecule has 8 heteroatoms. The van der Waals surface area contributed by atoms with Crippen molar-refractivity contribution in [1.29, 1.82) is 0 Å². The van der Waals surface area contributed by atoms with E-state index in [0.717, 1.165) is 16.3 Å². The number of hydrogen-bond donors (Lipinski definition) is 2. The molecule has 0 radical (unpaired) electrons. The first kappa shape index (κ1) is 24.6. The van der Waals surface area contributed by atoms with Crippen molar-refractivity contribution in [2.45, 2.75) is 36.7 Å². The number of benzene rings is 3. The number of amides is 2. The number of nitrogens with zero attached hydrogens (tertiary/aromatic N) is 1. The van der Waals surface area contributed by atoms with Gasteiger partial charge in [-0.1, -0.05) is 49.0 Å².